The standard InChI is InChI=1S/C11H24N2O2/c1-3-13(4-2)7-6-12-10-11-14-8-5-9-15-11/h11-12H,3-10H2,1-2H3. The minimum absolute atomic E-state index is 0.0320. The molecule has 0 aromatic heterocycles. The normalized spacial score (nSPS) is 18.6. The van der Waals surface area contributed by atoms with Crippen LogP contribution in [0.1, 0.15) is 20.3 Å². The van der Waals surface area contributed by atoms with E-state index in [1.54, 1.807) is 0 Å². The Kier molecular flexibility index (Phi) is 6.92. The molecule has 1 N–H and O–H groups in total. The molecular weight excluding hydrogens is 192 g/mol. The molecule has 0 aromatic carbocycles. The van der Waals surface area contributed by atoms with Crippen LogP contribution < -0.4 is 5.32 Å². The van der Waals surface area contributed by atoms with Gasteiger partial charge in [0.25, 0.3) is 0 Å². The second-order valence-corrected chi connectivity index (χ2v) is 3.76. The molecule has 0 bridgehead atoms. The predicted octanol–water partition coefficient (Wildman–Crippen LogP) is 0.681. The van der Waals surface area contributed by atoms with Gasteiger partial charge in [0.1, 0.15) is 0 Å². The van der Waals surface area contributed by atoms with E-state index in [9.17, 15) is 0 Å². The maximum atomic E-state index is 5.44. The smallest absolute Gasteiger partial charge is 0.169 e. The van der Waals surface area contributed by atoms with Gasteiger partial charge in [-0.15, -0.1) is 0 Å². The van der Waals surface area contributed by atoms with E-state index in [0.717, 1.165) is 52.4 Å². The molecular formula is C11H24N2O2. The summed E-state index contributed by atoms with van der Waals surface area (Å²) in [6.07, 6.45) is 0.992. The first kappa shape index (κ1) is 12.9. The number of likely N-dealkylation sites (N-methyl/N-ethyl adjacent to an activating group) is 1. The van der Waals surface area contributed by atoms with Gasteiger partial charge in [0.2, 0.25) is 0 Å². The highest BCUT2D eigenvalue weighted by molar-refractivity contribution is 4.59. The average Bonchev–Trinajstić information content (AvgIpc) is 2.31. The molecule has 1 rings (SSSR count). The zero-order valence-electron chi connectivity index (χ0n) is 10.00. The molecule has 0 atom stereocenters. The van der Waals surface area contributed by atoms with E-state index in [1.807, 2.05) is 0 Å². The van der Waals surface area contributed by atoms with Crippen LogP contribution in [-0.2, 0) is 9.47 Å². The lowest BCUT2D eigenvalue weighted by Gasteiger charge is -2.24. The van der Waals surface area contributed by atoms with Gasteiger partial charge < -0.3 is 19.7 Å². The van der Waals surface area contributed by atoms with Gasteiger partial charge in [-0.05, 0) is 19.5 Å². The third kappa shape index (κ3) is 5.47. The Balaban J connectivity index is 1.95. The highest BCUT2D eigenvalue weighted by Crippen LogP contribution is 2.02. The molecule has 1 saturated heterocycles. The van der Waals surface area contributed by atoms with Crippen LogP contribution in [0.5, 0.6) is 0 Å². The molecule has 4 nitrogen and oxygen atoms in total. The van der Waals surface area contributed by atoms with Crippen molar-refractivity contribution in [2.24, 2.45) is 0 Å². The summed E-state index contributed by atoms with van der Waals surface area (Å²) < 4.78 is 10.9. The van der Waals surface area contributed by atoms with Crippen molar-refractivity contribution < 1.29 is 9.47 Å². The van der Waals surface area contributed by atoms with Crippen molar-refractivity contribution in [2.75, 3.05) is 45.9 Å². The van der Waals surface area contributed by atoms with Crippen molar-refractivity contribution in [3.8, 4) is 0 Å². The van der Waals surface area contributed by atoms with E-state index in [0.29, 0.717) is 0 Å². The Morgan fingerprint density at radius 3 is 2.47 bits per heavy atom. The topological polar surface area (TPSA) is 33.7 Å². The van der Waals surface area contributed by atoms with E-state index >= 15 is 0 Å². The Labute approximate surface area is 92.9 Å². The monoisotopic (exact) mass is 216 g/mol. The van der Waals surface area contributed by atoms with Crippen LogP contribution >= 0.6 is 0 Å². The molecule has 1 heterocycles. The second-order valence-electron chi connectivity index (χ2n) is 3.76. The van der Waals surface area contributed by atoms with Crippen LogP contribution in [-0.4, -0.2) is 57.1 Å². The van der Waals surface area contributed by atoms with Crippen LogP contribution in [0, 0.1) is 0 Å². The van der Waals surface area contributed by atoms with Crippen LogP contribution in [0.2, 0.25) is 0 Å². The first-order valence-corrected chi connectivity index (χ1v) is 6.03. The number of rotatable bonds is 7. The fourth-order valence-electron chi connectivity index (χ4n) is 1.65. The van der Waals surface area contributed by atoms with Crippen LogP contribution in [0.25, 0.3) is 0 Å². The molecule has 0 spiro atoms. The largest absolute Gasteiger partial charge is 0.351 e. The zero-order valence-corrected chi connectivity index (χ0v) is 10.00. The molecule has 0 saturated carbocycles. The SMILES string of the molecule is CCN(CC)CCNCC1OCCCO1. The summed E-state index contributed by atoms with van der Waals surface area (Å²) in [5.74, 6) is 0. The van der Waals surface area contributed by atoms with E-state index in [2.05, 4.69) is 24.1 Å². The Morgan fingerprint density at radius 2 is 1.87 bits per heavy atom. The first-order chi connectivity index (χ1) is 7.36. The molecule has 1 fully saturated rings. The molecule has 90 valence electrons. The number of hydrogen-bond donors (Lipinski definition) is 1. The van der Waals surface area contributed by atoms with Crippen LogP contribution in [0.3, 0.4) is 0 Å². The van der Waals surface area contributed by atoms with Crippen molar-refractivity contribution >= 4 is 0 Å². The number of hydrogen-bond acceptors (Lipinski definition) is 4. The van der Waals surface area contributed by atoms with E-state index in [4.69, 9.17) is 9.47 Å². The van der Waals surface area contributed by atoms with Crippen LogP contribution in [0.4, 0.5) is 0 Å². The lowest BCUT2D eigenvalue weighted by atomic mass is 10.4. The van der Waals surface area contributed by atoms with E-state index in [-0.39, 0.29) is 6.29 Å². The number of nitrogens with zero attached hydrogens (tertiary/aromatic N) is 1. The fourth-order valence-corrected chi connectivity index (χ4v) is 1.65. The summed E-state index contributed by atoms with van der Waals surface area (Å²) in [6.45, 7) is 11.2. The van der Waals surface area contributed by atoms with Crippen molar-refractivity contribution in [1.82, 2.24) is 10.2 Å². The van der Waals surface area contributed by atoms with Crippen LogP contribution in [0.15, 0.2) is 0 Å². The van der Waals surface area contributed by atoms with Crippen molar-refractivity contribution in [3.63, 3.8) is 0 Å². The molecule has 1 aliphatic heterocycles. The van der Waals surface area contributed by atoms with Gasteiger partial charge in [-0.1, -0.05) is 13.8 Å². The molecule has 0 unspecified atom stereocenters. The Morgan fingerprint density at radius 1 is 1.20 bits per heavy atom. The van der Waals surface area contributed by atoms with Gasteiger partial charge in [0.15, 0.2) is 6.29 Å². The van der Waals surface area contributed by atoms with Gasteiger partial charge >= 0.3 is 0 Å². The minimum Gasteiger partial charge on any atom is -0.351 e. The van der Waals surface area contributed by atoms with Gasteiger partial charge in [-0.25, -0.2) is 0 Å². The molecule has 4 heteroatoms. The third-order valence-electron chi connectivity index (χ3n) is 2.71. The minimum atomic E-state index is -0.0320. The molecule has 15 heavy (non-hydrogen) atoms. The summed E-state index contributed by atoms with van der Waals surface area (Å²) in [6, 6.07) is 0. The number of ether oxygens (including phenoxy) is 2. The first-order valence-electron chi connectivity index (χ1n) is 6.03. The highest BCUT2D eigenvalue weighted by Gasteiger charge is 2.12. The fraction of sp³-hybridized carbons (Fsp3) is 1.00. The summed E-state index contributed by atoms with van der Waals surface area (Å²) >= 11 is 0. The molecule has 1 aliphatic rings. The van der Waals surface area contributed by atoms with E-state index in [1.165, 1.54) is 0 Å². The quantitative estimate of drug-likeness (QED) is 0.635. The maximum Gasteiger partial charge on any atom is 0.169 e. The van der Waals surface area contributed by atoms with Gasteiger partial charge in [-0.2, -0.15) is 0 Å². The second kappa shape index (κ2) is 8.05. The number of nitrogens with one attached hydrogen (secondary N) is 1. The summed E-state index contributed by atoms with van der Waals surface area (Å²) in [4.78, 5) is 2.40. The Bertz CT molecular complexity index is 146. The van der Waals surface area contributed by atoms with Crippen molar-refractivity contribution in [3.05, 3.63) is 0 Å². The summed E-state index contributed by atoms with van der Waals surface area (Å²) in [5, 5.41) is 3.36. The van der Waals surface area contributed by atoms with Gasteiger partial charge in [-0.3, -0.25) is 0 Å². The van der Waals surface area contributed by atoms with Crippen molar-refractivity contribution in [2.45, 2.75) is 26.6 Å². The molecule has 0 radical (unpaired) electrons. The summed E-state index contributed by atoms with van der Waals surface area (Å²) in [5.41, 5.74) is 0. The molecule has 0 aliphatic carbocycles. The predicted molar refractivity (Wildman–Crippen MR) is 61.0 cm³/mol. The van der Waals surface area contributed by atoms with E-state index < -0.39 is 0 Å². The Hall–Kier alpha value is -0.160. The molecule has 0 amide bonds. The zero-order chi connectivity index (χ0) is 10.9. The van der Waals surface area contributed by atoms with Gasteiger partial charge in [0, 0.05) is 19.6 Å². The van der Waals surface area contributed by atoms with Crippen molar-refractivity contribution in [1.29, 1.82) is 0 Å². The lowest BCUT2D eigenvalue weighted by molar-refractivity contribution is -0.175. The highest BCUT2D eigenvalue weighted by atomic mass is 16.7. The molecule has 0 aromatic rings. The maximum absolute atomic E-state index is 5.44. The van der Waals surface area contributed by atoms with Gasteiger partial charge in [0.05, 0.1) is 13.2 Å². The third-order valence-corrected chi connectivity index (χ3v) is 2.71. The average molecular weight is 216 g/mol. The summed E-state index contributed by atoms with van der Waals surface area (Å²) in [7, 11) is 0. The lowest BCUT2D eigenvalue weighted by Crippen LogP contribution is -2.38.